The highest BCUT2D eigenvalue weighted by Gasteiger charge is 2.37. The van der Waals surface area contributed by atoms with Crippen LogP contribution in [0.4, 0.5) is 0 Å². The Labute approximate surface area is 136 Å². The second kappa shape index (κ2) is 8.67. The van der Waals surface area contributed by atoms with Crippen molar-refractivity contribution < 1.29 is 29.0 Å². The van der Waals surface area contributed by atoms with Gasteiger partial charge in [0.15, 0.2) is 0 Å². The fraction of sp³-hybridized carbons (Fsp3) is 0.688. The van der Waals surface area contributed by atoms with Crippen molar-refractivity contribution in [2.75, 3.05) is 26.8 Å². The number of piperidine rings is 1. The Morgan fingerprint density at radius 1 is 1.13 bits per heavy atom. The number of esters is 2. The minimum absolute atomic E-state index is 0.141. The van der Waals surface area contributed by atoms with Gasteiger partial charge in [-0.05, 0) is 19.3 Å². The van der Waals surface area contributed by atoms with Gasteiger partial charge < -0.3 is 19.5 Å². The average Bonchev–Trinajstić information content (AvgIpc) is 2.57. The first-order chi connectivity index (χ1) is 10.8. The van der Waals surface area contributed by atoms with E-state index in [-0.39, 0.29) is 12.5 Å². The average molecular weight is 327 g/mol. The molecular weight excluding hydrogens is 302 g/mol. The smallest absolute Gasteiger partial charge is 0.331 e. The number of carbonyl (C=O) groups excluding carboxylic acids is 3. The molecule has 7 nitrogen and oxygen atoms in total. The summed E-state index contributed by atoms with van der Waals surface area (Å²) in [6.45, 7) is 4.45. The van der Waals surface area contributed by atoms with Gasteiger partial charge in [-0.1, -0.05) is 13.8 Å². The van der Waals surface area contributed by atoms with Crippen molar-refractivity contribution in [3.05, 3.63) is 12.2 Å². The highest BCUT2D eigenvalue weighted by atomic mass is 16.5. The zero-order chi connectivity index (χ0) is 17.5. The molecule has 1 rings (SSSR count). The van der Waals surface area contributed by atoms with Gasteiger partial charge in [0.05, 0.1) is 13.7 Å². The molecule has 1 fully saturated rings. The maximum Gasteiger partial charge on any atom is 0.331 e. The van der Waals surface area contributed by atoms with Gasteiger partial charge in [0.2, 0.25) is 0 Å². The molecule has 1 amide bonds. The molecule has 1 saturated heterocycles. The molecule has 1 atom stereocenters. The number of amides is 1. The van der Waals surface area contributed by atoms with Gasteiger partial charge in [-0.25, -0.2) is 9.59 Å². The monoisotopic (exact) mass is 327 g/mol. The van der Waals surface area contributed by atoms with Crippen LogP contribution >= 0.6 is 0 Å². The van der Waals surface area contributed by atoms with Crippen LogP contribution in [-0.4, -0.2) is 60.8 Å². The molecule has 1 N–H and O–H groups in total. The predicted molar refractivity (Wildman–Crippen MR) is 82.3 cm³/mol. The number of hydrogen-bond donors (Lipinski definition) is 1. The Bertz CT molecular complexity index is 465. The van der Waals surface area contributed by atoms with Crippen molar-refractivity contribution in [2.24, 2.45) is 5.41 Å². The quantitative estimate of drug-likeness (QED) is 0.569. The number of aliphatic hydroxyl groups excluding tert-OH is 1. The summed E-state index contributed by atoms with van der Waals surface area (Å²) in [6, 6.07) is 0. The first-order valence-corrected chi connectivity index (χ1v) is 7.67. The molecule has 7 heteroatoms. The number of likely N-dealkylation sites (tertiary alicyclic amines) is 1. The molecule has 0 aliphatic carbocycles. The third-order valence-corrected chi connectivity index (χ3v) is 3.78. The topological polar surface area (TPSA) is 93.1 Å². The summed E-state index contributed by atoms with van der Waals surface area (Å²) in [5.41, 5.74) is -0.927. The molecule has 0 spiro atoms. The van der Waals surface area contributed by atoms with E-state index >= 15 is 0 Å². The van der Waals surface area contributed by atoms with Crippen LogP contribution in [0, 0.1) is 5.41 Å². The van der Waals surface area contributed by atoms with Gasteiger partial charge in [-0.3, -0.25) is 4.79 Å². The van der Waals surface area contributed by atoms with Gasteiger partial charge in [0.25, 0.3) is 5.91 Å². The standard InChI is InChI=1S/C16H25NO6/c1-16(2,11-23-13(19)8-7-12(18)22-3)14(20)15(21)17-9-5-4-6-10-17/h7-8,14,20H,4-6,9-11H2,1-3H3/b8-7+/t14-/m1/s1. The van der Waals surface area contributed by atoms with E-state index in [0.29, 0.717) is 13.1 Å². The van der Waals surface area contributed by atoms with E-state index in [9.17, 15) is 19.5 Å². The first-order valence-electron chi connectivity index (χ1n) is 7.67. The Hall–Kier alpha value is -1.89. The lowest BCUT2D eigenvalue weighted by Gasteiger charge is -2.34. The summed E-state index contributed by atoms with van der Waals surface area (Å²) in [5, 5.41) is 10.3. The molecule has 0 aromatic carbocycles. The van der Waals surface area contributed by atoms with E-state index in [1.54, 1.807) is 18.7 Å². The largest absolute Gasteiger partial charge is 0.466 e. The summed E-state index contributed by atoms with van der Waals surface area (Å²) in [5.74, 6) is -1.74. The molecule has 0 saturated carbocycles. The van der Waals surface area contributed by atoms with E-state index in [1.165, 1.54) is 7.11 Å². The molecule has 1 heterocycles. The normalized spacial score (nSPS) is 17.0. The summed E-state index contributed by atoms with van der Waals surface area (Å²) in [4.78, 5) is 36.3. The van der Waals surface area contributed by atoms with Crippen LogP contribution in [0.5, 0.6) is 0 Å². The maximum atomic E-state index is 12.3. The molecule has 23 heavy (non-hydrogen) atoms. The minimum Gasteiger partial charge on any atom is -0.466 e. The van der Waals surface area contributed by atoms with Gasteiger partial charge in [-0.15, -0.1) is 0 Å². The van der Waals surface area contributed by atoms with E-state index in [0.717, 1.165) is 31.4 Å². The number of aliphatic hydroxyl groups is 1. The summed E-state index contributed by atoms with van der Waals surface area (Å²) >= 11 is 0. The Morgan fingerprint density at radius 2 is 1.70 bits per heavy atom. The molecule has 130 valence electrons. The van der Waals surface area contributed by atoms with Gasteiger partial charge >= 0.3 is 11.9 Å². The van der Waals surface area contributed by atoms with Gasteiger partial charge in [0, 0.05) is 30.7 Å². The second-order valence-corrected chi connectivity index (χ2v) is 6.24. The fourth-order valence-electron chi connectivity index (χ4n) is 2.21. The van der Waals surface area contributed by atoms with E-state index < -0.39 is 23.5 Å². The van der Waals surface area contributed by atoms with Crippen molar-refractivity contribution in [1.82, 2.24) is 4.90 Å². The van der Waals surface area contributed by atoms with Gasteiger partial charge in [0.1, 0.15) is 6.10 Å². The fourth-order valence-corrected chi connectivity index (χ4v) is 2.21. The highest BCUT2D eigenvalue weighted by molar-refractivity contribution is 5.91. The number of methoxy groups -OCH3 is 1. The van der Waals surface area contributed by atoms with Crippen LogP contribution in [0.15, 0.2) is 12.2 Å². The Kier molecular flexibility index (Phi) is 7.22. The molecule has 1 aliphatic rings. The van der Waals surface area contributed by atoms with Crippen LogP contribution in [0.25, 0.3) is 0 Å². The van der Waals surface area contributed by atoms with Crippen molar-refractivity contribution >= 4 is 17.8 Å². The first kappa shape index (κ1) is 19.2. The Morgan fingerprint density at radius 3 is 2.26 bits per heavy atom. The van der Waals surface area contributed by atoms with Crippen molar-refractivity contribution in [2.45, 2.75) is 39.2 Å². The zero-order valence-electron chi connectivity index (χ0n) is 13.9. The van der Waals surface area contributed by atoms with Crippen LogP contribution in [0.2, 0.25) is 0 Å². The number of hydrogen-bond acceptors (Lipinski definition) is 6. The number of nitrogens with zero attached hydrogens (tertiary/aromatic N) is 1. The molecule has 1 aliphatic heterocycles. The van der Waals surface area contributed by atoms with Crippen molar-refractivity contribution in [3.63, 3.8) is 0 Å². The van der Waals surface area contributed by atoms with E-state index in [1.807, 2.05) is 0 Å². The minimum atomic E-state index is -1.25. The summed E-state index contributed by atoms with van der Waals surface area (Å²) in [7, 11) is 1.20. The van der Waals surface area contributed by atoms with Crippen LogP contribution in [0.1, 0.15) is 33.1 Å². The second-order valence-electron chi connectivity index (χ2n) is 6.24. The summed E-state index contributed by atoms with van der Waals surface area (Å²) in [6.07, 6.45) is 3.61. The van der Waals surface area contributed by atoms with E-state index in [4.69, 9.17) is 4.74 Å². The van der Waals surface area contributed by atoms with E-state index in [2.05, 4.69) is 4.74 Å². The highest BCUT2D eigenvalue weighted by Crippen LogP contribution is 2.24. The number of rotatable bonds is 6. The number of carbonyl (C=O) groups is 3. The molecule has 0 radical (unpaired) electrons. The lowest BCUT2D eigenvalue weighted by Crippen LogP contribution is -2.49. The van der Waals surface area contributed by atoms with Gasteiger partial charge in [-0.2, -0.15) is 0 Å². The SMILES string of the molecule is COC(=O)/C=C/C(=O)OCC(C)(C)[C@H](O)C(=O)N1CCCCC1. The van der Waals surface area contributed by atoms with Crippen LogP contribution in [-0.2, 0) is 23.9 Å². The number of ether oxygens (including phenoxy) is 2. The Balaban J connectivity index is 2.53. The zero-order valence-corrected chi connectivity index (χ0v) is 13.9. The lowest BCUT2D eigenvalue weighted by atomic mass is 9.86. The third kappa shape index (κ3) is 6.02. The lowest BCUT2D eigenvalue weighted by molar-refractivity contribution is -0.155. The molecule has 0 aromatic rings. The van der Waals surface area contributed by atoms with Crippen molar-refractivity contribution in [3.8, 4) is 0 Å². The third-order valence-electron chi connectivity index (χ3n) is 3.78. The summed E-state index contributed by atoms with van der Waals surface area (Å²) < 4.78 is 9.36. The molecule has 0 bridgehead atoms. The van der Waals surface area contributed by atoms with Crippen molar-refractivity contribution in [1.29, 1.82) is 0 Å². The molecule has 0 aromatic heterocycles. The van der Waals surface area contributed by atoms with Crippen LogP contribution < -0.4 is 0 Å². The molecular formula is C16H25NO6. The molecule has 0 unspecified atom stereocenters. The maximum absolute atomic E-state index is 12.3. The van der Waals surface area contributed by atoms with Crippen LogP contribution in [0.3, 0.4) is 0 Å². The predicted octanol–water partition coefficient (Wildman–Crippen LogP) is 0.658.